The van der Waals surface area contributed by atoms with Gasteiger partial charge in [-0.1, -0.05) is 38.3 Å². The molecule has 0 aliphatic carbocycles. The first-order valence-electron chi connectivity index (χ1n) is 7.58. The molecule has 0 bridgehead atoms. The maximum absolute atomic E-state index is 11.4. The number of carboxylic acid groups (broad SMARTS) is 1. The van der Waals surface area contributed by atoms with Crippen molar-refractivity contribution in [3.8, 4) is 0 Å². The van der Waals surface area contributed by atoms with Gasteiger partial charge in [0.15, 0.2) is 0 Å². The molecule has 0 unspecified atom stereocenters. The van der Waals surface area contributed by atoms with E-state index in [9.17, 15) is 9.90 Å². The summed E-state index contributed by atoms with van der Waals surface area (Å²) >= 11 is 6.01. The monoisotopic (exact) mass is 307 g/mol. The van der Waals surface area contributed by atoms with Crippen LogP contribution in [0.3, 0.4) is 0 Å². The van der Waals surface area contributed by atoms with Crippen LogP contribution in [0.1, 0.15) is 49.9 Å². The molecule has 0 atom stereocenters. The van der Waals surface area contributed by atoms with Crippen LogP contribution in [-0.2, 0) is 6.54 Å². The maximum atomic E-state index is 11.4. The van der Waals surface area contributed by atoms with E-state index in [0.29, 0.717) is 16.5 Å². The van der Waals surface area contributed by atoms with Crippen LogP contribution in [0.15, 0.2) is 24.4 Å². The van der Waals surface area contributed by atoms with Crippen LogP contribution in [0, 0.1) is 5.92 Å². The molecule has 1 aromatic heterocycles. The Kier molecular flexibility index (Phi) is 5.29. The van der Waals surface area contributed by atoms with Crippen LogP contribution in [0.5, 0.6) is 0 Å². The molecule has 3 nitrogen and oxygen atoms in total. The first kappa shape index (κ1) is 15.9. The van der Waals surface area contributed by atoms with E-state index in [-0.39, 0.29) is 0 Å². The normalized spacial score (nSPS) is 11.4. The lowest BCUT2D eigenvalue weighted by Crippen LogP contribution is -2.10. The van der Waals surface area contributed by atoms with Crippen LogP contribution >= 0.6 is 11.6 Å². The smallest absolute Gasteiger partial charge is 0.337 e. The zero-order valence-corrected chi connectivity index (χ0v) is 13.4. The summed E-state index contributed by atoms with van der Waals surface area (Å²) in [5, 5.41) is 10.7. The highest BCUT2D eigenvalue weighted by atomic mass is 35.5. The van der Waals surface area contributed by atoms with Gasteiger partial charge in [-0.2, -0.15) is 0 Å². The van der Waals surface area contributed by atoms with Crippen molar-refractivity contribution in [1.82, 2.24) is 4.57 Å². The lowest BCUT2D eigenvalue weighted by Gasteiger charge is -2.17. The summed E-state index contributed by atoms with van der Waals surface area (Å²) in [5.74, 6) is -0.309. The van der Waals surface area contributed by atoms with Gasteiger partial charge in [0.25, 0.3) is 0 Å². The summed E-state index contributed by atoms with van der Waals surface area (Å²) in [6.45, 7) is 5.25. The molecule has 0 saturated heterocycles. The minimum atomic E-state index is -0.899. The van der Waals surface area contributed by atoms with Gasteiger partial charge >= 0.3 is 5.97 Å². The number of aromatic nitrogens is 1. The second-order valence-corrected chi connectivity index (χ2v) is 6.04. The van der Waals surface area contributed by atoms with E-state index in [1.807, 2.05) is 12.1 Å². The third-order valence-electron chi connectivity index (χ3n) is 3.92. The zero-order chi connectivity index (χ0) is 15.4. The van der Waals surface area contributed by atoms with Gasteiger partial charge in [-0.3, -0.25) is 0 Å². The van der Waals surface area contributed by atoms with Crippen molar-refractivity contribution < 1.29 is 9.90 Å². The first-order chi connectivity index (χ1) is 10.1. The largest absolute Gasteiger partial charge is 0.478 e. The van der Waals surface area contributed by atoms with E-state index in [0.717, 1.165) is 30.3 Å². The highest BCUT2D eigenvalue weighted by molar-refractivity contribution is 6.31. The van der Waals surface area contributed by atoms with Crippen molar-refractivity contribution in [1.29, 1.82) is 0 Å². The van der Waals surface area contributed by atoms with Gasteiger partial charge in [0, 0.05) is 28.7 Å². The minimum Gasteiger partial charge on any atom is -0.478 e. The summed E-state index contributed by atoms with van der Waals surface area (Å²) in [6, 6.07) is 5.48. The van der Waals surface area contributed by atoms with Crippen molar-refractivity contribution in [2.75, 3.05) is 0 Å². The lowest BCUT2D eigenvalue weighted by molar-refractivity contribution is 0.0698. The quantitative estimate of drug-likeness (QED) is 0.763. The number of carboxylic acids is 1. The number of carbonyl (C=O) groups is 1. The van der Waals surface area contributed by atoms with Gasteiger partial charge < -0.3 is 9.67 Å². The predicted octanol–water partition coefficient (Wildman–Crippen LogP) is 5.21. The molecule has 0 spiro atoms. The van der Waals surface area contributed by atoms with E-state index in [1.165, 1.54) is 12.8 Å². The number of fused-ring (bicyclic) bond motifs is 1. The van der Waals surface area contributed by atoms with Crippen molar-refractivity contribution in [2.45, 2.75) is 46.1 Å². The Morgan fingerprint density at radius 2 is 1.95 bits per heavy atom. The minimum absolute atomic E-state index is 0.333. The van der Waals surface area contributed by atoms with Crippen LogP contribution in [0.4, 0.5) is 0 Å². The fourth-order valence-electron chi connectivity index (χ4n) is 3.01. The molecular formula is C17H22ClNO2. The summed E-state index contributed by atoms with van der Waals surface area (Å²) in [6.07, 6.45) is 6.40. The Balaban J connectivity index is 2.41. The van der Waals surface area contributed by atoms with E-state index >= 15 is 0 Å². The number of benzene rings is 1. The number of nitrogens with zero attached hydrogens (tertiary/aromatic N) is 1. The van der Waals surface area contributed by atoms with Crippen LogP contribution < -0.4 is 0 Å². The molecule has 4 heteroatoms. The molecule has 1 aromatic carbocycles. The summed E-state index contributed by atoms with van der Waals surface area (Å²) in [5.41, 5.74) is 1.29. The summed E-state index contributed by atoms with van der Waals surface area (Å²) in [4.78, 5) is 11.4. The van der Waals surface area contributed by atoms with Gasteiger partial charge in [0.1, 0.15) is 0 Å². The van der Waals surface area contributed by atoms with Gasteiger partial charge in [0.05, 0.1) is 5.56 Å². The van der Waals surface area contributed by atoms with Crippen LogP contribution in [0.2, 0.25) is 5.02 Å². The molecule has 1 N–H and O–H groups in total. The van der Waals surface area contributed by atoms with Gasteiger partial charge in [-0.25, -0.2) is 4.79 Å². The second kappa shape index (κ2) is 6.99. The second-order valence-electron chi connectivity index (χ2n) is 5.61. The number of rotatable bonds is 7. The molecule has 0 aliphatic heterocycles. The topological polar surface area (TPSA) is 42.2 Å². The molecular weight excluding hydrogens is 286 g/mol. The van der Waals surface area contributed by atoms with Crippen molar-refractivity contribution in [3.63, 3.8) is 0 Å². The van der Waals surface area contributed by atoms with Crippen LogP contribution in [-0.4, -0.2) is 15.6 Å². The Bertz CT molecular complexity index is 627. The van der Waals surface area contributed by atoms with Crippen molar-refractivity contribution >= 4 is 28.5 Å². The standard InChI is InChI=1S/C17H22ClNO2/c1-3-5-12(6-4-2)10-19-11-15(17(20)21)14-9-13(18)7-8-16(14)19/h7-9,11-12H,3-6,10H2,1-2H3,(H,20,21). The maximum Gasteiger partial charge on any atom is 0.337 e. The number of aromatic carboxylic acids is 1. The molecule has 1 heterocycles. The first-order valence-corrected chi connectivity index (χ1v) is 7.96. The van der Waals surface area contributed by atoms with E-state index in [4.69, 9.17) is 11.6 Å². The zero-order valence-electron chi connectivity index (χ0n) is 12.6. The Morgan fingerprint density at radius 1 is 1.29 bits per heavy atom. The number of hydrogen-bond acceptors (Lipinski definition) is 1. The Hall–Kier alpha value is -1.48. The van der Waals surface area contributed by atoms with Crippen molar-refractivity contribution in [3.05, 3.63) is 35.0 Å². The Morgan fingerprint density at radius 3 is 2.52 bits per heavy atom. The van der Waals surface area contributed by atoms with E-state index in [1.54, 1.807) is 12.3 Å². The van der Waals surface area contributed by atoms with E-state index in [2.05, 4.69) is 18.4 Å². The third-order valence-corrected chi connectivity index (χ3v) is 4.16. The lowest BCUT2D eigenvalue weighted by atomic mass is 9.98. The molecule has 0 saturated carbocycles. The molecule has 0 fully saturated rings. The molecule has 21 heavy (non-hydrogen) atoms. The summed E-state index contributed by atoms with van der Waals surface area (Å²) < 4.78 is 2.07. The molecule has 114 valence electrons. The molecule has 0 amide bonds. The van der Waals surface area contributed by atoms with Crippen molar-refractivity contribution in [2.24, 2.45) is 5.92 Å². The average molecular weight is 308 g/mol. The average Bonchev–Trinajstić information content (AvgIpc) is 2.77. The fraction of sp³-hybridized carbons (Fsp3) is 0.471. The Labute approximate surface area is 130 Å². The molecule has 2 aromatic rings. The van der Waals surface area contributed by atoms with Gasteiger partial charge in [0.2, 0.25) is 0 Å². The SMILES string of the molecule is CCCC(CCC)Cn1cc(C(=O)O)c2cc(Cl)ccc21. The highest BCUT2D eigenvalue weighted by Crippen LogP contribution is 2.27. The van der Waals surface area contributed by atoms with Gasteiger partial charge in [-0.05, 0) is 37.0 Å². The number of hydrogen-bond donors (Lipinski definition) is 1. The molecule has 0 radical (unpaired) electrons. The number of halogens is 1. The molecule has 0 aliphatic rings. The predicted molar refractivity (Wildman–Crippen MR) is 87.2 cm³/mol. The highest BCUT2D eigenvalue weighted by Gasteiger charge is 2.16. The van der Waals surface area contributed by atoms with E-state index < -0.39 is 5.97 Å². The van der Waals surface area contributed by atoms with Gasteiger partial charge in [-0.15, -0.1) is 0 Å². The summed E-state index contributed by atoms with van der Waals surface area (Å²) in [7, 11) is 0. The van der Waals surface area contributed by atoms with Crippen LogP contribution in [0.25, 0.3) is 10.9 Å². The third kappa shape index (κ3) is 3.59. The fourth-order valence-corrected chi connectivity index (χ4v) is 3.18. The molecule has 2 rings (SSSR count).